The second-order valence-corrected chi connectivity index (χ2v) is 8.40. The van der Waals surface area contributed by atoms with Gasteiger partial charge in [0.2, 0.25) is 0 Å². The highest BCUT2D eigenvalue weighted by atomic mass is 35.5. The van der Waals surface area contributed by atoms with Gasteiger partial charge in [0, 0.05) is 42.5 Å². The van der Waals surface area contributed by atoms with Gasteiger partial charge in [-0.15, -0.1) is 0 Å². The molecule has 1 unspecified atom stereocenters. The topological polar surface area (TPSA) is 62.6 Å². The fourth-order valence-corrected chi connectivity index (χ4v) is 4.05. The van der Waals surface area contributed by atoms with Gasteiger partial charge in [-0.05, 0) is 78.9 Å². The Morgan fingerprint density at radius 1 is 1.03 bits per heavy atom. The van der Waals surface area contributed by atoms with Gasteiger partial charge in [-0.3, -0.25) is 9.78 Å². The number of pyridine rings is 1. The number of carbonyl (C=O) groups is 1. The molecule has 5 nitrogen and oxygen atoms in total. The first-order valence-electron chi connectivity index (χ1n) is 10.1. The molecule has 1 amide bonds. The summed E-state index contributed by atoms with van der Waals surface area (Å²) in [5.74, 6) is -0.137. The molecule has 0 saturated heterocycles. The molecule has 1 heterocycles. The van der Waals surface area contributed by atoms with Gasteiger partial charge in [0.15, 0.2) is 0 Å². The summed E-state index contributed by atoms with van der Waals surface area (Å²) in [4.78, 5) is 29.9. The molecule has 3 rings (SSSR count). The summed E-state index contributed by atoms with van der Waals surface area (Å²) >= 11 is 6.18. The van der Waals surface area contributed by atoms with Crippen molar-refractivity contribution < 1.29 is 4.79 Å². The molecule has 0 fully saturated rings. The molecule has 1 aromatic heterocycles. The Morgan fingerprint density at radius 2 is 1.74 bits per heavy atom. The lowest BCUT2D eigenvalue weighted by molar-refractivity contribution is 0.0827. The van der Waals surface area contributed by atoms with E-state index >= 15 is 0 Å². The van der Waals surface area contributed by atoms with E-state index in [0.717, 1.165) is 27.9 Å². The van der Waals surface area contributed by atoms with Crippen molar-refractivity contribution in [1.29, 1.82) is 0 Å². The van der Waals surface area contributed by atoms with E-state index in [1.807, 2.05) is 68.4 Å². The monoisotopic (exact) mass is 435 g/mol. The summed E-state index contributed by atoms with van der Waals surface area (Å²) < 4.78 is 0. The number of nitroso groups, excluding NO2 is 1. The Labute approximate surface area is 188 Å². The van der Waals surface area contributed by atoms with Gasteiger partial charge in [0.25, 0.3) is 5.91 Å². The number of rotatable bonds is 7. The Bertz CT molecular complexity index is 1080. The number of hydrogen-bond donors (Lipinski definition) is 0. The third-order valence-electron chi connectivity index (χ3n) is 5.47. The Morgan fingerprint density at radius 3 is 2.32 bits per heavy atom. The fraction of sp³-hybridized carbons (Fsp3) is 0.280. The molecule has 0 aliphatic heterocycles. The molecule has 6 heteroatoms. The van der Waals surface area contributed by atoms with Crippen molar-refractivity contribution in [3.8, 4) is 0 Å². The Balaban J connectivity index is 2.02. The largest absolute Gasteiger partial charge is 0.345 e. The normalized spacial score (nSPS) is 12.8. The highest BCUT2D eigenvalue weighted by molar-refractivity contribution is 6.30. The van der Waals surface area contributed by atoms with Gasteiger partial charge in [0.05, 0.1) is 0 Å². The van der Waals surface area contributed by atoms with Crippen LogP contribution >= 0.6 is 11.6 Å². The maximum absolute atomic E-state index is 12.3. The van der Waals surface area contributed by atoms with E-state index in [0.29, 0.717) is 17.0 Å². The van der Waals surface area contributed by atoms with Crippen molar-refractivity contribution in [3.63, 3.8) is 0 Å². The van der Waals surface area contributed by atoms with E-state index in [-0.39, 0.29) is 11.8 Å². The number of halogens is 1. The number of aromatic nitrogens is 1. The van der Waals surface area contributed by atoms with Crippen LogP contribution in [0.3, 0.4) is 0 Å². The molecular formula is C25H26ClN3O2. The molecule has 0 aliphatic carbocycles. The lowest BCUT2D eigenvalue weighted by Crippen LogP contribution is -2.21. The molecule has 31 heavy (non-hydrogen) atoms. The van der Waals surface area contributed by atoms with Crippen LogP contribution in [0.15, 0.2) is 66.0 Å². The van der Waals surface area contributed by atoms with E-state index in [2.05, 4.69) is 10.2 Å². The van der Waals surface area contributed by atoms with Gasteiger partial charge < -0.3 is 4.90 Å². The lowest BCUT2D eigenvalue weighted by Gasteiger charge is -2.23. The molecule has 0 bridgehead atoms. The van der Waals surface area contributed by atoms with Crippen LogP contribution in [0.2, 0.25) is 5.02 Å². The van der Waals surface area contributed by atoms with Crippen molar-refractivity contribution in [2.24, 2.45) is 5.18 Å². The predicted molar refractivity (Wildman–Crippen MR) is 125 cm³/mol. The van der Waals surface area contributed by atoms with Crippen molar-refractivity contribution in [1.82, 2.24) is 9.88 Å². The maximum Gasteiger partial charge on any atom is 0.253 e. The first-order chi connectivity index (χ1) is 14.8. The first-order valence-corrected chi connectivity index (χ1v) is 10.5. The zero-order valence-corrected chi connectivity index (χ0v) is 18.9. The summed E-state index contributed by atoms with van der Waals surface area (Å²) in [6.07, 6.45) is 2.20. The minimum atomic E-state index is -0.523. The van der Waals surface area contributed by atoms with Gasteiger partial charge >= 0.3 is 0 Å². The Kier molecular flexibility index (Phi) is 7.18. The SMILES string of the molecule is Cc1cc(C(C[C@@H](c2ccc(C(=O)N(C)C)cc2)c2ccc(Cl)cc2C)N=O)ccn1. The van der Waals surface area contributed by atoms with Crippen molar-refractivity contribution in [3.05, 3.63) is 104 Å². The summed E-state index contributed by atoms with van der Waals surface area (Å²) in [6, 6.07) is 16.6. The van der Waals surface area contributed by atoms with Crippen LogP contribution in [0.5, 0.6) is 0 Å². The van der Waals surface area contributed by atoms with Gasteiger partial charge in [-0.1, -0.05) is 35.0 Å². The number of amides is 1. The molecular weight excluding hydrogens is 410 g/mol. The minimum Gasteiger partial charge on any atom is -0.345 e. The van der Waals surface area contributed by atoms with E-state index in [1.165, 1.54) is 0 Å². The summed E-state index contributed by atoms with van der Waals surface area (Å²) in [6.45, 7) is 3.91. The average Bonchev–Trinajstić information content (AvgIpc) is 2.75. The highest BCUT2D eigenvalue weighted by Gasteiger charge is 2.24. The van der Waals surface area contributed by atoms with Crippen LogP contribution in [-0.4, -0.2) is 29.9 Å². The Hall–Kier alpha value is -3.05. The van der Waals surface area contributed by atoms with Crippen molar-refractivity contribution in [2.75, 3.05) is 14.1 Å². The van der Waals surface area contributed by atoms with E-state index in [4.69, 9.17) is 11.6 Å². The molecule has 2 aromatic carbocycles. The molecule has 0 aliphatic rings. The molecule has 0 N–H and O–H groups in total. The zero-order chi connectivity index (χ0) is 22.5. The molecule has 0 saturated carbocycles. The summed E-state index contributed by atoms with van der Waals surface area (Å²) in [5.41, 5.74) is 5.45. The zero-order valence-electron chi connectivity index (χ0n) is 18.2. The van der Waals surface area contributed by atoms with Crippen LogP contribution in [0.1, 0.15) is 56.7 Å². The third kappa shape index (κ3) is 5.36. The molecule has 3 aromatic rings. The number of benzene rings is 2. The van der Waals surface area contributed by atoms with Crippen LogP contribution in [0.25, 0.3) is 0 Å². The summed E-state index contributed by atoms with van der Waals surface area (Å²) in [5, 5.41) is 4.11. The lowest BCUT2D eigenvalue weighted by atomic mass is 9.82. The predicted octanol–water partition coefficient (Wildman–Crippen LogP) is 6.08. The van der Waals surface area contributed by atoms with E-state index < -0.39 is 6.04 Å². The maximum atomic E-state index is 12.3. The first kappa shape index (κ1) is 22.6. The third-order valence-corrected chi connectivity index (χ3v) is 5.70. The number of nitrogens with zero attached hydrogens (tertiary/aromatic N) is 3. The van der Waals surface area contributed by atoms with Gasteiger partial charge in [-0.25, -0.2) is 0 Å². The molecule has 160 valence electrons. The van der Waals surface area contributed by atoms with Crippen LogP contribution < -0.4 is 0 Å². The molecule has 2 atom stereocenters. The number of carbonyl (C=O) groups excluding carboxylic acids is 1. The van der Waals surface area contributed by atoms with Gasteiger partial charge in [-0.2, -0.15) is 4.91 Å². The summed E-state index contributed by atoms with van der Waals surface area (Å²) in [7, 11) is 3.46. The smallest absolute Gasteiger partial charge is 0.253 e. The van der Waals surface area contributed by atoms with Crippen molar-refractivity contribution in [2.45, 2.75) is 32.2 Å². The van der Waals surface area contributed by atoms with Gasteiger partial charge in [0.1, 0.15) is 6.04 Å². The van der Waals surface area contributed by atoms with Crippen LogP contribution in [0, 0.1) is 18.8 Å². The molecule has 0 radical (unpaired) electrons. The van der Waals surface area contributed by atoms with E-state index in [1.54, 1.807) is 25.2 Å². The van der Waals surface area contributed by atoms with E-state index in [9.17, 15) is 9.70 Å². The number of hydrogen-bond acceptors (Lipinski definition) is 4. The average molecular weight is 436 g/mol. The van der Waals surface area contributed by atoms with Crippen molar-refractivity contribution >= 4 is 17.5 Å². The fourth-order valence-electron chi connectivity index (χ4n) is 3.83. The standard InChI is InChI=1S/C25H26ClN3O2/c1-16-13-21(26)9-10-22(16)23(15-24(28-31)20-11-12-27-17(2)14-20)18-5-7-19(8-6-18)25(30)29(3)4/h5-14,23-24H,15H2,1-4H3/t23-,24?/m0/s1. The quantitative estimate of drug-likeness (QED) is 0.422. The second-order valence-electron chi connectivity index (χ2n) is 7.96. The number of aryl methyl sites for hydroxylation is 2. The highest BCUT2D eigenvalue weighted by Crippen LogP contribution is 2.38. The van der Waals surface area contributed by atoms with Crippen LogP contribution in [0.4, 0.5) is 0 Å². The van der Waals surface area contributed by atoms with Crippen LogP contribution in [-0.2, 0) is 0 Å². The molecule has 0 spiro atoms. The minimum absolute atomic E-state index is 0.0505. The second kappa shape index (κ2) is 9.84.